The molecule has 0 fully saturated rings. The minimum atomic E-state index is -3.86. The van der Waals surface area contributed by atoms with Crippen LogP contribution in [0.4, 0.5) is 4.39 Å². The molecule has 2 rings (SSSR count). The van der Waals surface area contributed by atoms with E-state index in [0.717, 1.165) is 0 Å². The van der Waals surface area contributed by atoms with E-state index in [-0.39, 0.29) is 10.7 Å². The second kappa shape index (κ2) is 7.84. The molecule has 0 spiro atoms. The van der Waals surface area contributed by atoms with Gasteiger partial charge < -0.3 is 9.47 Å². The van der Waals surface area contributed by atoms with Gasteiger partial charge in [-0.2, -0.15) is 4.72 Å². The van der Waals surface area contributed by atoms with Gasteiger partial charge in [-0.1, -0.05) is 0 Å². The highest BCUT2D eigenvalue weighted by Crippen LogP contribution is 2.23. The highest BCUT2D eigenvalue weighted by atomic mass is 32.2. The molecule has 8 heteroatoms. The fourth-order valence-corrected chi connectivity index (χ4v) is 2.91. The van der Waals surface area contributed by atoms with Crippen molar-refractivity contribution in [2.75, 3.05) is 6.54 Å². The van der Waals surface area contributed by atoms with Gasteiger partial charge in [0, 0.05) is 0 Å². The zero-order valence-electron chi connectivity index (χ0n) is 14.7. The summed E-state index contributed by atoms with van der Waals surface area (Å²) in [5.74, 6) is -0.236. The maximum Gasteiger partial charge on any atom is 0.321 e. The molecule has 0 amide bonds. The van der Waals surface area contributed by atoms with Crippen LogP contribution >= 0.6 is 0 Å². The normalized spacial score (nSPS) is 11.8. The number of carbonyl (C=O) groups excluding carboxylic acids is 1. The van der Waals surface area contributed by atoms with Gasteiger partial charge in [0.05, 0.1) is 4.90 Å². The van der Waals surface area contributed by atoms with Crippen molar-refractivity contribution in [2.24, 2.45) is 0 Å². The van der Waals surface area contributed by atoms with Crippen molar-refractivity contribution in [3.63, 3.8) is 0 Å². The lowest BCUT2D eigenvalue weighted by Crippen LogP contribution is -2.34. The van der Waals surface area contributed by atoms with E-state index in [1.807, 2.05) is 0 Å². The van der Waals surface area contributed by atoms with Gasteiger partial charge in [0.15, 0.2) is 0 Å². The number of sulfonamides is 1. The lowest BCUT2D eigenvalue weighted by molar-refractivity contribution is -0.153. The zero-order valence-corrected chi connectivity index (χ0v) is 15.5. The van der Waals surface area contributed by atoms with E-state index in [1.165, 1.54) is 48.5 Å². The molecule has 2 aromatic rings. The van der Waals surface area contributed by atoms with Crippen molar-refractivity contribution >= 4 is 16.0 Å². The molecule has 0 aliphatic heterocycles. The van der Waals surface area contributed by atoms with E-state index in [4.69, 9.17) is 9.47 Å². The molecule has 6 nitrogen and oxygen atoms in total. The zero-order chi connectivity index (χ0) is 19.4. The van der Waals surface area contributed by atoms with Crippen LogP contribution in [-0.4, -0.2) is 26.5 Å². The van der Waals surface area contributed by atoms with Crippen molar-refractivity contribution in [1.82, 2.24) is 4.72 Å². The predicted molar refractivity (Wildman–Crippen MR) is 93.9 cm³/mol. The topological polar surface area (TPSA) is 81.7 Å². The molecule has 2 aromatic carbocycles. The minimum Gasteiger partial charge on any atom is -0.459 e. The number of carbonyl (C=O) groups is 1. The molecule has 0 aliphatic rings. The SMILES string of the molecule is CC(C)(C)OC(=O)CNS(=O)(=O)c1ccc(Oc2ccc(F)cc2)cc1. The molecule has 0 aliphatic carbocycles. The summed E-state index contributed by atoms with van der Waals surface area (Å²) in [4.78, 5) is 11.6. The fraction of sp³-hybridized carbons (Fsp3) is 0.278. The number of benzene rings is 2. The largest absolute Gasteiger partial charge is 0.459 e. The number of ether oxygens (including phenoxy) is 2. The highest BCUT2D eigenvalue weighted by molar-refractivity contribution is 7.89. The summed E-state index contributed by atoms with van der Waals surface area (Å²) in [7, 11) is -3.86. The number of nitrogens with one attached hydrogen (secondary N) is 1. The maximum absolute atomic E-state index is 12.9. The van der Waals surface area contributed by atoms with Gasteiger partial charge in [-0.3, -0.25) is 4.79 Å². The Morgan fingerprint density at radius 2 is 1.50 bits per heavy atom. The standard InChI is InChI=1S/C18H20FNO5S/c1-18(2,3)25-17(21)12-20-26(22,23)16-10-8-15(9-11-16)24-14-6-4-13(19)5-7-14/h4-11,20H,12H2,1-3H3. The lowest BCUT2D eigenvalue weighted by Gasteiger charge is -2.19. The van der Waals surface area contributed by atoms with Crippen LogP contribution in [0.1, 0.15) is 20.8 Å². The minimum absolute atomic E-state index is 0.0208. The first-order valence-electron chi connectivity index (χ1n) is 7.80. The van der Waals surface area contributed by atoms with E-state index in [2.05, 4.69) is 4.72 Å². The Labute approximate surface area is 152 Å². The van der Waals surface area contributed by atoms with Gasteiger partial charge in [-0.25, -0.2) is 12.8 Å². The number of hydrogen-bond acceptors (Lipinski definition) is 5. The van der Waals surface area contributed by atoms with E-state index in [1.54, 1.807) is 20.8 Å². The van der Waals surface area contributed by atoms with Gasteiger partial charge in [0.25, 0.3) is 0 Å². The van der Waals surface area contributed by atoms with Crippen LogP contribution in [-0.2, 0) is 19.6 Å². The van der Waals surface area contributed by atoms with Crippen LogP contribution < -0.4 is 9.46 Å². The van der Waals surface area contributed by atoms with Crippen LogP contribution in [0.2, 0.25) is 0 Å². The molecular formula is C18H20FNO5S. The molecule has 0 heterocycles. The van der Waals surface area contributed by atoms with Crippen molar-refractivity contribution in [2.45, 2.75) is 31.3 Å². The fourth-order valence-electron chi connectivity index (χ4n) is 1.94. The monoisotopic (exact) mass is 381 g/mol. The van der Waals surface area contributed by atoms with Gasteiger partial charge in [-0.15, -0.1) is 0 Å². The van der Waals surface area contributed by atoms with E-state index in [0.29, 0.717) is 11.5 Å². The van der Waals surface area contributed by atoms with E-state index in [9.17, 15) is 17.6 Å². The van der Waals surface area contributed by atoms with Crippen molar-refractivity contribution < 1.29 is 27.1 Å². The number of esters is 1. The Hall–Kier alpha value is -2.45. The van der Waals surface area contributed by atoms with Crippen LogP contribution in [0.15, 0.2) is 53.4 Å². The predicted octanol–water partition coefficient (Wildman–Crippen LogP) is 3.24. The Morgan fingerprint density at radius 3 is 2.00 bits per heavy atom. The molecule has 0 atom stereocenters. The molecule has 0 aromatic heterocycles. The molecule has 0 unspecified atom stereocenters. The second-order valence-electron chi connectivity index (χ2n) is 6.44. The first-order valence-corrected chi connectivity index (χ1v) is 9.28. The summed E-state index contributed by atoms with van der Waals surface area (Å²) >= 11 is 0. The maximum atomic E-state index is 12.9. The Bertz CT molecular complexity index is 856. The molecule has 0 radical (unpaired) electrons. The molecule has 26 heavy (non-hydrogen) atoms. The first-order chi connectivity index (χ1) is 12.0. The van der Waals surface area contributed by atoms with Gasteiger partial charge >= 0.3 is 5.97 Å². The molecule has 1 N–H and O–H groups in total. The van der Waals surface area contributed by atoms with E-state index < -0.39 is 28.1 Å². The summed E-state index contributed by atoms with van der Waals surface area (Å²) in [6.45, 7) is 4.62. The van der Waals surface area contributed by atoms with Crippen molar-refractivity contribution in [1.29, 1.82) is 0 Å². The first kappa shape index (κ1) is 19.9. The summed E-state index contributed by atoms with van der Waals surface area (Å²) in [6, 6.07) is 11.1. The number of rotatable bonds is 6. The highest BCUT2D eigenvalue weighted by Gasteiger charge is 2.20. The third kappa shape index (κ3) is 6.12. The summed E-state index contributed by atoms with van der Waals surface area (Å²) < 4.78 is 50.0. The number of halogens is 1. The van der Waals surface area contributed by atoms with Gasteiger partial charge in [-0.05, 0) is 69.3 Å². The summed E-state index contributed by atoms with van der Waals surface area (Å²) in [6.07, 6.45) is 0. The quantitative estimate of drug-likeness (QED) is 0.777. The van der Waals surface area contributed by atoms with Crippen LogP contribution in [0.25, 0.3) is 0 Å². The number of hydrogen-bond donors (Lipinski definition) is 1. The molecule has 0 saturated carbocycles. The smallest absolute Gasteiger partial charge is 0.321 e. The average molecular weight is 381 g/mol. The van der Waals surface area contributed by atoms with Crippen LogP contribution in [0, 0.1) is 5.82 Å². The van der Waals surface area contributed by atoms with Crippen LogP contribution in [0.3, 0.4) is 0 Å². The van der Waals surface area contributed by atoms with Gasteiger partial charge in [0.1, 0.15) is 29.5 Å². The van der Waals surface area contributed by atoms with Crippen molar-refractivity contribution in [3.8, 4) is 11.5 Å². The average Bonchev–Trinajstić information content (AvgIpc) is 2.54. The molecular weight excluding hydrogens is 361 g/mol. The second-order valence-corrected chi connectivity index (χ2v) is 8.21. The molecule has 140 valence electrons. The Kier molecular flexibility index (Phi) is 5.99. The third-order valence-electron chi connectivity index (χ3n) is 3.01. The lowest BCUT2D eigenvalue weighted by atomic mass is 10.2. The van der Waals surface area contributed by atoms with Crippen molar-refractivity contribution in [3.05, 3.63) is 54.3 Å². The molecule has 0 saturated heterocycles. The van der Waals surface area contributed by atoms with Gasteiger partial charge in [0.2, 0.25) is 10.0 Å². The summed E-state index contributed by atoms with van der Waals surface area (Å²) in [5.41, 5.74) is -0.693. The molecule has 0 bridgehead atoms. The van der Waals surface area contributed by atoms with Crippen LogP contribution in [0.5, 0.6) is 11.5 Å². The van der Waals surface area contributed by atoms with E-state index >= 15 is 0 Å². The Morgan fingerprint density at radius 1 is 1.00 bits per heavy atom. The summed E-state index contributed by atoms with van der Waals surface area (Å²) in [5, 5.41) is 0. The third-order valence-corrected chi connectivity index (χ3v) is 4.43. The Balaban J connectivity index is 1.99.